The molecule has 0 aliphatic heterocycles. The minimum atomic E-state index is -4.41. The number of benzene rings is 1. The Labute approximate surface area is 122 Å². The molecule has 21 heavy (non-hydrogen) atoms. The van der Waals surface area contributed by atoms with Crippen LogP contribution in [-0.2, 0) is 11.0 Å². The molecule has 0 aliphatic carbocycles. The lowest BCUT2D eigenvalue weighted by Gasteiger charge is -2.11. The molecule has 0 saturated carbocycles. The first-order valence-electron chi connectivity index (χ1n) is 6.61. The standard InChI is InChI=1S/C14H20F3N3O/c1-20(2)9-8-18-7-6-13(21)19-12-5-3-4-11(10-12)14(15,16)17/h3-5,10,18H,6-9H2,1-2H3,(H,19,21). The van der Waals surface area contributed by atoms with Crippen molar-refractivity contribution in [3.05, 3.63) is 29.8 Å². The van der Waals surface area contributed by atoms with Crippen molar-refractivity contribution in [2.75, 3.05) is 39.0 Å². The highest BCUT2D eigenvalue weighted by atomic mass is 19.4. The fraction of sp³-hybridized carbons (Fsp3) is 0.500. The average molecular weight is 303 g/mol. The second-order valence-corrected chi connectivity index (χ2v) is 4.93. The summed E-state index contributed by atoms with van der Waals surface area (Å²) in [6, 6.07) is 4.61. The molecule has 0 unspecified atom stereocenters. The predicted molar refractivity (Wildman–Crippen MR) is 76.1 cm³/mol. The molecule has 0 fully saturated rings. The number of amides is 1. The third-order valence-electron chi connectivity index (χ3n) is 2.74. The number of carbonyl (C=O) groups excluding carboxylic acids is 1. The van der Waals surface area contributed by atoms with Crippen molar-refractivity contribution in [3.63, 3.8) is 0 Å². The summed E-state index contributed by atoms with van der Waals surface area (Å²) in [4.78, 5) is 13.6. The molecule has 0 radical (unpaired) electrons. The van der Waals surface area contributed by atoms with E-state index in [2.05, 4.69) is 10.6 Å². The van der Waals surface area contributed by atoms with E-state index >= 15 is 0 Å². The molecule has 0 atom stereocenters. The largest absolute Gasteiger partial charge is 0.416 e. The van der Waals surface area contributed by atoms with Gasteiger partial charge in [-0.3, -0.25) is 4.79 Å². The van der Waals surface area contributed by atoms with E-state index in [4.69, 9.17) is 0 Å². The third kappa shape index (κ3) is 7.10. The van der Waals surface area contributed by atoms with Gasteiger partial charge in [0.15, 0.2) is 0 Å². The highest BCUT2D eigenvalue weighted by Gasteiger charge is 2.30. The number of carbonyl (C=O) groups is 1. The van der Waals surface area contributed by atoms with Crippen LogP contribution in [0.3, 0.4) is 0 Å². The lowest BCUT2D eigenvalue weighted by atomic mass is 10.2. The molecule has 0 saturated heterocycles. The van der Waals surface area contributed by atoms with Crippen molar-refractivity contribution in [2.24, 2.45) is 0 Å². The van der Waals surface area contributed by atoms with E-state index in [1.807, 2.05) is 19.0 Å². The second kappa shape index (κ2) is 7.99. The molecule has 1 aromatic carbocycles. The SMILES string of the molecule is CN(C)CCNCCC(=O)Nc1cccc(C(F)(F)F)c1. The van der Waals surface area contributed by atoms with Crippen LogP contribution in [0.4, 0.5) is 18.9 Å². The van der Waals surface area contributed by atoms with Gasteiger partial charge in [0, 0.05) is 31.7 Å². The van der Waals surface area contributed by atoms with Crippen molar-refractivity contribution in [2.45, 2.75) is 12.6 Å². The Morgan fingerprint density at radius 2 is 1.95 bits per heavy atom. The monoisotopic (exact) mass is 303 g/mol. The quantitative estimate of drug-likeness (QED) is 0.759. The zero-order valence-electron chi connectivity index (χ0n) is 12.1. The minimum Gasteiger partial charge on any atom is -0.326 e. The number of nitrogens with zero attached hydrogens (tertiary/aromatic N) is 1. The Morgan fingerprint density at radius 3 is 2.57 bits per heavy atom. The van der Waals surface area contributed by atoms with Gasteiger partial charge in [-0.25, -0.2) is 0 Å². The molecule has 1 amide bonds. The van der Waals surface area contributed by atoms with Gasteiger partial charge >= 0.3 is 6.18 Å². The van der Waals surface area contributed by atoms with E-state index in [1.54, 1.807) is 0 Å². The molecule has 0 aromatic heterocycles. The van der Waals surface area contributed by atoms with E-state index in [-0.39, 0.29) is 18.0 Å². The molecule has 0 bridgehead atoms. The van der Waals surface area contributed by atoms with E-state index in [9.17, 15) is 18.0 Å². The zero-order valence-corrected chi connectivity index (χ0v) is 12.1. The molecule has 7 heteroatoms. The van der Waals surface area contributed by atoms with Crippen LogP contribution in [0, 0.1) is 0 Å². The molecule has 1 aromatic rings. The molecule has 118 valence electrons. The number of alkyl halides is 3. The molecular formula is C14H20F3N3O. The van der Waals surface area contributed by atoms with Gasteiger partial charge in [0.1, 0.15) is 0 Å². The fourth-order valence-corrected chi connectivity index (χ4v) is 1.63. The number of rotatable bonds is 7. The van der Waals surface area contributed by atoms with Gasteiger partial charge in [-0.2, -0.15) is 13.2 Å². The Hall–Kier alpha value is -1.60. The van der Waals surface area contributed by atoms with Gasteiger partial charge in [-0.15, -0.1) is 0 Å². The van der Waals surface area contributed by atoms with Crippen LogP contribution in [0.1, 0.15) is 12.0 Å². The van der Waals surface area contributed by atoms with Crippen LogP contribution in [0.15, 0.2) is 24.3 Å². The maximum Gasteiger partial charge on any atom is 0.416 e. The van der Waals surface area contributed by atoms with Gasteiger partial charge in [0.05, 0.1) is 5.56 Å². The summed E-state index contributed by atoms with van der Waals surface area (Å²) in [6.07, 6.45) is -4.20. The minimum absolute atomic E-state index is 0.156. The summed E-state index contributed by atoms with van der Waals surface area (Å²) in [5.74, 6) is -0.313. The van der Waals surface area contributed by atoms with E-state index in [0.717, 1.165) is 25.2 Å². The zero-order chi connectivity index (χ0) is 15.9. The van der Waals surface area contributed by atoms with E-state index in [0.29, 0.717) is 6.54 Å². The maximum atomic E-state index is 12.5. The lowest BCUT2D eigenvalue weighted by molar-refractivity contribution is -0.137. The summed E-state index contributed by atoms with van der Waals surface area (Å²) in [5.41, 5.74) is -0.618. The van der Waals surface area contributed by atoms with Gasteiger partial charge in [0.25, 0.3) is 0 Å². The predicted octanol–water partition coefficient (Wildman–Crippen LogP) is 2.19. The van der Waals surface area contributed by atoms with E-state index < -0.39 is 11.7 Å². The Balaban J connectivity index is 2.38. The van der Waals surface area contributed by atoms with Crippen LogP contribution in [-0.4, -0.2) is 44.5 Å². The first kappa shape index (κ1) is 17.5. The molecule has 2 N–H and O–H groups in total. The van der Waals surface area contributed by atoms with Crippen molar-refractivity contribution < 1.29 is 18.0 Å². The van der Waals surface area contributed by atoms with Gasteiger partial charge in [-0.05, 0) is 32.3 Å². The Bertz CT molecular complexity index is 461. The number of anilines is 1. The fourth-order valence-electron chi connectivity index (χ4n) is 1.63. The normalized spacial score (nSPS) is 11.7. The van der Waals surface area contributed by atoms with Crippen molar-refractivity contribution in [1.29, 1.82) is 0 Å². The number of hydrogen-bond donors (Lipinski definition) is 2. The second-order valence-electron chi connectivity index (χ2n) is 4.93. The molecule has 0 aliphatic rings. The van der Waals surface area contributed by atoms with E-state index in [1.165, 1.54) is 12.1 Å². The average Bonchev–Trinajstić information content (AvgIpc) is 2.37. The highest BCUT2D eigenvalue weighted by molar-refractivity contribution is 5.90. The number of likely N-dealkylation sites (N-methyl/N-ethyl adjacent to an activating group) is 1. The van der Waals surface area contributed by atoms with Crippen LogP contribution in [0.2, 0.25) is 0 Å². The summed E-state index contributed by atoms with van der Waals surface area (Å²) in [7, 11) is 3.89. The van der Waals surface area contributed by atoms with Gasteiger partial charge in [-0.1, -0.05) is 6.07 Å². The number of hydrogen-bond acceptors (Lipinski definition) is 3. The molecule has 0 heterocycles. The van der Waals surface area contributed by atoms with Crippen molar-refractivity contribution in [3.8, 4) is 0 Å². The van der Waals surface area contributed by atoms with Crippen molar-refractivity contribution >= 4 is 11.6 Å². The third-order valence-corrected chi connectivity index (χ3v) is 2.74. The summed E-state index contributed by atoms with van der Waals surface area (Å²) < 4.78 is 37.6. The van der Waals surface area contributed by atoms with Crippen LogP contribution < -0.4 is 10.6 Å². The highest BCUT2D eigenvalue weighted by Crippen LogP contribution is 2.30. The first-order valence-corrected chi connectivity index (χ1v) is 6.61. The smallest absolute Gasteiger partial charge is 0.326 e. The van der Waals surface area contributed by atoms with Crippen molar-refractivity contribution in [1.82, 2.24) is 10.2 Å². The lowest BCUT2D eigenvalue weighted by Crippen LogP contribution is -2.29. The van der Waals surface area contributed by atoms with Crippen LogP contribution in [0.25, 0.3) is 0 Å². The van der Waals surface area contributed by atoms with Gasteiger partial charge in [0.2, 0.25) is 5.91 Å². The topological polar surface area (TPSA) is 44.4 Å². The Kier molecular flexibility index (Phi) is 6.64. The van der Waals surface area contributed by atoms with Crippen LogP contribution >= 0.6 is 0 Å². The first-order chi connectivity index (χ1) is 9.79. The molecule has 1 rings (SSSR count). The molecular weight excluding hydrogens is 283 g/mol. The van der Waals surface area contributed by atoms with Gasteiger partial charge < -0.3 is 15.5 Å². The summed E-state index contributed by atoms with van der Waals surface area (Å²) in [6.45, 7) is 2.09. The summed E-state index contributed by atoms with van der Waals surface area (Å²) in [5, 5.41) is 5.55. The Morgan fingerprint density at radius 1 is 1.24 bits per heavy atom. The van der Waals surface area contributed by atoms with Crippen LogP contribution in [0.5, 0.6) is 0 Å². The maximum absolute atomic E-state index is 12.5. The number of halogens is 3. The molecule has 0 spiro atoms. The number of nitrogens with one attached hydrogen (secondary N) is 2. The summed E-state index contributed by atoms with van der Waals surface area (Å²) >= 11 is 0. The molecule has 4 nitrogen and oxygen atoms in total.